The van der Waals surface area contributed by atoms with Crippen LogP contribution in [0.25, 0.3) is 6.08 Å². The summed E-state index contributed by atoms with van der Waals surface area (Å²) in [5, 5.41) is 58.9. The van der Waals surface area contributed by atoms with Crippen LogP contribution in [0, 0.1) is 0 Å². The predicted octanol–water partition coefficient (Wildman–Crippen LogP) is 0.190. The largest absolute Gasteiger partial charge is 0.493 e. The number of aliphatic hydroxyl groups excluding tert-OH is 5. The summed E-state index contributed by atoms with van der Waals surface area (Å²) in [7, 11) is 2.86. The molecule has 0 radical (unpaired) electrons. The Morgan fingerprint density at radius 1 is 0.947 bits per heavy atom. The van der Waals surface area contributed by atoms with Gasteiger partial charge >= 0.3 is 5.97 Å². The first-order valence-corrected chi connectivity index (χ1v) is 11.8. The van der Waals surface area contributed by atoms with Crippen molar-refractivity contribution in [2.24, 2.45) is 0 Å². The van der Waals surface area contributed by atoms with Crippen molar-refractivity contribution in [1.82, 2.24) is 0 Å². The average Bonchev–Trinajstić information content (AvgIpc) is 3.30. The highest BCUT2D eigenvalue weighted by Gasteiger charge is 2.45. The van der Waals surface area contributed by atoms with Gasteiger partial charge < -0.3 is 54.3 Å². The third kappa shape index (κ3) is 5.27. The Balaban J connectivity index is 1.62. The number of aliphatic hydroxyl groups is 5. The summed E-state index contributed by atoms with van der Waals surface area (Å²) < 4.78 is 28.2. The highest BCUT2D eigenvalue weighted by molar-refractivity contribution is 5.85. The Labute approximate surface area is 217 Å². The first-order chi connectivity index (χ1) is 18.2. The summed E-state index contributed by atoms with van der Waals surface area (Å²) in [6.07, 6.45) is -5.49. The van der Waals surface area contributed by atoms with Crippen LogP contribution in [-0.4, -0.2) is 94.7 Å². The summed E-state index contributed by atoms with van der Waals surface area (Å²) in [6, 6.07) is 8.18. The number of methoxy groups -OCH3 is 2. The van der Waals surface area contributed by atoms with E-state index in [4.69, 9.17) is 28.8 Å². The number of carbonyl (C=O) groups is 1. The molecule has 2 heterocycles. The fraction of sp³-hybridized carbons (Fsp3) is 0.423. The molecular weight excluding hydrogens is 504 g/mol. The lowest BCUT2D eigenvalue weighted by Crippen LogP contribution is -2.60. The molecule has 6 N–H and O–H groups in total. The number of benzene rings is 2. The van der Waals surface area contributed by atoms with Gasteiger partial charge in [0, 0.05) is 11.6 Å². The number of rotatable bonds is 9. The smallest absolute Gasteiger partial charge is 0.328 e. The lowest BCUT2D eigenvalue weighted by Gasteiger charge is -2.39. The number of hydrogen-bond acceptors (Lipinski definition) is 11. The SMILES string of the molecule is COc1cc([C@H]2Oc3c(OC)cc(/C=C\C(=O)O)cc3[C@@H]2CO)ccc1O[C@@H]1O[C@H](CO)[C@@H](O)[C@H](O)[C@H]1O. The minimum atomic E-state index is -1.60. The van der Waals surface area contributed by atoms with Crippen LogP contribution in [0.1, 0.15) is 28.7 Å². The molecule has 12 nitrogen and oxygen atoms in total. The maximum absolute atomic E-state index is 11.0. The van der Waals surface area contributed by atoms with Crippen LogP contribution in [0.5, 0.6) is 23.0 Å². The molecule has 0 aromatic heterocycles. The van der Waals surface area contributed by atoms with Gasteiger partial charge in [-0.15, -0.1) is 0 Å². The third-order valence-electron chi connectivity index (χ3n) is 6.56. The summed E-state index contributed by atoms with van der Waals surface area (Å²) in [6.45, 7) is -0.876. The van der Waals surface area contributed by atoms with Gasteiger partial charge in [-0.2, -0.15) is 0 Å². The van der Waals surface area contributed by atoms with E-state index in [0.29, 0.717) is 28.2 Å². The van der Waals surface area contributed by atoms with Crippen LogP contribution in [-0.2, 0) is 9.53 Å². The van der Waals surface area contributed by atoms with Gasteiger partial charge in [-0.1, -0.05) is 6.07 Å². The van der Waals surface area contributed by atoms with Crippen molar-refractivity contribution in [3.8, 4) is 23.0 Å². The number of aliphatic carboxylic acids is 1. The lowest BCUT2D eigenvalue weighted by atomic mass is 9.90. The summed E-state index contributed by atoms with van der Waals surface area (Å²) in [5.41, 5.74) is 1.82. The monoisotopic (exact) mass is 534 g/mol. The van der Waals surface area contributed by atoms with E-state index >= 15 is 0 Å². The molecule has 206 valence electrons. The highest BCUT2D eigenvalue weighted by Crippen LogP contribution is 2.51. The Morgan fingerprint density at radius 2 is 1.68 bits per heavy atom. The fourth-order valence-electron chi connectivity index (χ4n) is 4.58. The molecule has 1 fully saturated rings. The van der Waals surface area contributed by atoms with Crippen LogP contribution < -0.4 is 18.9 Å². The van der Waals surface area contributed by atoms with Gasteiger partial charge in [0.15, 0.2) is 23.0 Å². The zero-order chi connectivity index (χ0) is 27.6. The van der Waals surface area contributed by atoms with Gasteiger partial charge in [0.1, 0.15) is 30.5 Å². The summed E-state index contributed by atoms with van der Waals surface area (Å²) in [5.74, 6) is -0.440. The molecule has 0 amide bonds. The molecule has 0 spiro atoms. The topological polar surface area (TPSA) is 185 Å². The molecule has 7 atom stereocenters. The minimum absolute atomic E-state index is 0.148. The molecule has 2 aromatic rings. The van der Waals surface area contributed by atoms with Crippen molar-refractivity contribution >= 4 is 12.0 Å². The Kier molecular flexibility index (Phi) is 8.41. The second-order valence-corrected chi connectivity index (χ2v) is 8.87. The zero-order valence-corrected chi connectivity index (χ0v) is 20.6. The second-order valence-electron chi connectivity index (χ2n) is 8.87. The quantitative estimate of drug-likeness (QED) is 0.240. The van der Waals surface area contributed by atoms with Crippen LogP contribution in [0.15, 0.2) is 36.4 Å². The standard InChI is InChI=1S/C26H30O12/c1-34-17-9-13(4-5-16(17)36-26-23(33)22(32)21(31)19(11-28)37-26)24-15(10-27)14-7-12(3-6-20(29)30)8-18(35-2)25(14)38-24/h3-9,15,19,21-24,26-28,31-33H,10-11H2,1-2H3,(H,29,30)/b6-3-/t15-,19+,21+,22-,23+,24+,26+/m0/s1. The lowest BCUT2D eigenvalue weighted by molar-refractivity contribution is -0.277. The van der Waals surface area contributed by atoms with Gasteiger partial charge in [0.2, 0.25) is 6.29 Å². The molecular formula is C26H30O12. The number of carboxylic acid groups (broad SMARTS) is 1. The van der Waals surface area contributed by atoms with Gasteiger partial charge in [-0.3, -0.25) is 0 Å². The van der Waals surface area contributed by atoms with Gasteiger partial charge in [-0.25, -0.2) is 4.79 Å². The maximum atomic E-state index is 11.0. The van der Waals surface area contributed by atoms with Crippen LogP contribution >= 0.6 is 0 Å². The molecule has 2 aromatic carbocycles. The first-order valence-electron chi connectivity index (χ1n) is 11.8. The highest BCUT2D eigenvalue weighted by atomic mass is 16.7. The molecule has 0 aliphatic carbocycles. The average molecular weight is 535 g/mol. The molecule has 0 unspecified atom stereocenters. The van der Waals surface area contributed by atoms with Crippen LogP contribution in [0.2, 0.25) is 0 Å². The van der Waals surface area contributed by atoms with Crippen LogP contribution in [0.3, 0.4) is 0 Å². The van der Waals surface area contributed by atoms with E-state index in [9.17, 15) is 30.3 Å². The van der Waals surface area contributed by atoms with Crippen molar-refractivity contribution in [3.05, 3.63) is 53.1 Å². The van der Waals surface area contributed by atoms with E-state index in [1.807, 2.05) is 0 Å². The molecule has 2 aliphatic rings. The Morgan fingerprint density at radius 3 is 2.32 bits per heavy atom. The normalized spacial score (nSPS) is 28.6. The van der Waals surface area contributed by atoms with Gasteiger partial charge in [0.25, 0.3) is 0 Å². The Hall–Kier alpha value is -3.39. The molecule has 1 saturated heterocycles. The predicted molar refractivity (Wildman–Crippen MR) is 130 cm³/mol. The minimum Gasteiger partial charge on any atom is -0.493 e. The van der Waals surface area contributed by atoms with E-state index in [0.717, 1.165) is 6.08 Å². The van der Waals surface area contributed by atoms with Crippen molar-refractivity contribution in [1.29, 1.82) is 0 Å². The number of ether oxygens (including phenoxy) is 5. The summed E-state index contributed by atoms with van der Waals surface area (Å²) in [4.78, 5) is 11.0. The fourth-order valence-corrected chi connectivity index (χ4v) is 4.58. The molecule has 4 rings (SSSR count). The molecule has 38 heavy (non-hydrogen) atoms. The molecule has 12 heteroatoms. The van der Waals surface area contributed by atoms with Crippen molar-refractivity contribution in [2.45, 2.75) is 42.7 Å². The number of fused-ring (bicyclic) bond motifs is 1. The van der Waals surface area contributed by atoms with E-state index in [1.165, 1.54) is 26.4 Å². The number of hydrogen-bond donors (Lipinski definition) is 6. The maximum Gasteiger partial charge on any atom is 0.328 e. The van der Waals surface area contributed by atoms with E-state index in [-0.39, 0.29) is 18.1 Å². The zero-order valence-electron chi connectivity index (χ0n) is 20.6. The third-order valence-corrected chi connectivity index (χ3v) is 6.56. The van der Waals surface area contributed by atoms with E-state index in [2.05, 4.69) is 0 Å². The van der Waals surface area contributed by atoms with Gasteiger partial charge in [0.05, 0.1) is 33.4 Å². The second kappa shape index (κ2) is 11.6. The number of carboxylic acids is 1. The molecule has 0 bridgehead atoms. The Bertz CT molecular complexity index is 1180. The van der Waals surface area contributed by atoms with Crippen molar-refractivity contribution < 1.29 is 59.1 Å². The summed E-state index contributed by atoms with van der Waals surface area (Å²) >= 11 is 0. The molecule has 2 aliphatic heterocycles. The van der Waals surface area contributed by atoms with E-state index < -0.39 is 55.3 Å². The van der Waals surface area contributed by atoms with Crippen LogP contribution in [0.4, 0.5) is 0 Å². The van der Waals surface area contributed by atoms with Gasteiger partial charge in [-0.05, 0) is 41.5 Å². The van der Waals surface area contributed by atoms with Crippen molar-refractivity contribution in [2.75, 3.05) is 27.4 Å². The molecule has 0 saturated carbocycles. The van der Waals surface area contributed by atoms with Crippen molar-refractivity contribution in [3.63, 3.8) is 0 Å². The first kappa shape index (κ1) is 27.6. The van der Waals surface area contributed by atoms with E-state index in [1.54, 1.807) is 24.3 Å².